The van der Waals surface area contributed by atoms with Gasteiger partial charge in [-0.25, -0.2) is 8.78 Å². The van der Waals surface area contributed by atoms with Crippen molar-refractivity contribution in [1.82, 2.24) is 4.98 Å². The minimum atomic E-state index is -1.15. The van der Waals surface area contributed by atoms with E-state index >= 15 is 0 Å². The minimum Gasteiger partial charge on any atom is -0.365 e. The molecule has 2 aromatic rings. The summed E-state index contributed by atoms with van der Waals surface area (Å²) in [6.45, 7) is 0.430. The molecule has 0 aliphatic heterocycles. The van der Waals surface area contributed by atoms with E-state index in [1.165, 1.54) is 23.7 Å². The molecule has 0 aromatic carbocycles. The van der Waals surface area contributed by atoms with Gasteiger partial charge >= 0.3 is 0 Å². The number of H-pyrrole nitrogens is 1. The zero-order valence-electron chi connectivity index (χ0n) is 14.0. The van der Waals surface area contributed by atoms with Crippen LogP contribution in [0.4, 0.5) is 14.5 Å². The lowest BCUT2D eigenvalue weighted by Crippen LogP contribution is -2.22. The van der Waals surface area contributed by atoms with Crippen molar-refractivity contribution in [2.24, 2.45) is 5.73 Å². The molecule has 0 aliphatic carbocycles. The molecule has 10 heteroatoms. The van der Waals surface area contributed by atoms with Gasteiger partial charge < -0.3 is 16.0 Å². The maximum Gasteiger partial charge on any atom is 0.259 e. The van der Waals surface area contributed by atoms with Gasteiger partial charge in [-0.2, -0.15) is 0 Å². The van der Waals surface area contributed by atoms with Gasteiger partial charge in [0.1, 0.15) is 12.5 Å². The van der Waals surface area contributed by atoms with E-state index in [4.69, 9.17) is 11.1 Å². The van der Waals surface area contributed by atoms with Crippen LogP contribution in [0, 0.1) is 5.41 Å². The molecule has 1 amide bonds. The normalized spacial score (nSPS) is 12.1. The number of carbonyl (C=O) groups excluding carboxylic acids is 1. The Morgan fingerprint density at radius 3 is 2.78 bits per heavy atom. The van der Waals surface area contributed by atoms with Gasteiger partial charge in [-0.15, -0.1) is 11.3 Å². The zero-order chi connectivity index (χ0) is 20.1. The number of primary amides is 1. The molecule has 2 aromatic heterocycles. The van der Waals surface area contributed by atoms with Crippen molar-refractivity contribution in [3.63, 3.8) is 0 Å². The van der Waals surface area contributed by atoms with Crippen LogP contribution in [0.15, 0.2) is 50.6 Å². The molecule has 5 N–H and O–H groups in total. The number of alkyl halides is 1. The molecule has 27 heavy (non-hydrogen) atoms. The highest BCUT2D eigenvalue weighted by Crippen LogP contribution is 2.28. The third-order valence-corrected chi connectivity index (χ3v) is 5.01. The molecule has 0 radical (unpaired) electrons. The fraction of sp³-hybridized carbons (Fsp3) is 0.118. The maximum atomic E-state index is 14.0. The first kappa shape index (κ1) is 20.7. The Bertz CT molecular complexity index is 1010. The summed E-state index contributed by atoms with van der Waals surface area (Å²) in [5, 5.41) is 12.4. The van der Waals surface area contributed by atoms with Crippen LogP contribution in [0.2, 0.25) is 0 Å². The van der Waals surface area contributed by atoms with Gasteiger partial charge in [-0.05, 0) is 35.0 Å². The van der Waals surface area contributed by atoms with Crippen LogP contribution in [-0.2, 0) is 0 Å². The summed E-state index contributed by atoms with van der Waals surface area (Å²) in [7, 11) is 0. The van der Waals surface area contributed by atoms with E-state index in [2.05, 4.69) is 26.2 Å². The topological polar surface area (TPSA) is 112 Å². The van der Waals surface area contributed by atoms with Crippen molar-refractivity contribution in [3.05, 3.63) is 72.1 Å². The number of nitrogens with one attached hydrogen (secondary N) is 3. The number of anilines is 1. The van der Waals surface area contributed by atoms with Crippen molar-refractivity contribution >= 4 is 44.6 Å². The average molecular weight is 457 g/mol. The number of hydrogen-bond acceptors (Lipinski definition) is 5. The summed E-state index contributed by atoms with van der Waals surface area (Å²) in [4.78, 5) is 26.3. The lowest BCUT2D eigenvalue weighted by molar-refractivity contribution is 0.100. The molecule has 0 saturated carbocycles. The number of hydrogen-bond donors (Lipinski definition) is 4. The fourth-order valence-electron chi connectivity index (χ4n) is 2.16. The number of allylic oxidation sites excluding steroid dienone is 4. The SMILES string of the molecule is C/C=C\C(F)=C(/CF)Nc1c(Br)c[nH]c(=O)c1C(=N)c1csc(C(N)=O)c1. The molecule has 0 atom stereocenters. The van der Waals surface area contributed by atoms with E-state index in [9.17, 15) is 18.4 Å². The molecule has 142 valence electrons. The molecular weight excluding hydrogens is 442 g/mol. The summed E-state index contributed by atoms with van der Waals surface area (Å²) >= 11 is 4.24. The van der Waals surface area contributed by atoms with Crippen LogP contribution in [0.3, 0.4) is 0 Å². The summed E-state index contributed by atoms with van der Waals surface area (Å²) in [6, 6.07) is 1.38. The summed E-state index contributed by atoms with van der Waals surface area (Å²) in [6.07, 6.45) is 3.78. The van der Waals surface area contributed by atoms with E-state index < -0.39 is 29.7 Å². The third kappa shape index (κ3) is 4.58. The molecule has 0 saturated heterocycles. The van der Waals surface area contributed by atoms with Crippen molar-refractivity contribution in [1.29, 1.82) is 5.41 Å². The Labute approximate surface area is 165 Å². The molecule has 0 unspecified atom stereocenters. The molecule has 2 rings (SSSR count). The van der Waals surface area contributed by atoms with Crippen LogP contribution >= 0.6 is 27.3 Å². The maximum absolute atomic E-state index is 14.0. The first-order chi connectivity index (χ1) is 12.8. The molecule has 6 nitrogen and oxygen atoms in total. The second-order valence-corrected chi connectivity index (χ2v) is 7.01. The number of pyridine rings is 1. The number of amides is 1. The smallest absolute Gasteiger partial charge is 0.259 e. The predicted octanol–water partition coefficient (Wildman–Crippen LogP) is 3.85. The van der Waals surface area contributed by atoms with Crippen LogP contribution in [-0.4, -0.2) is 23.3 Å². The molecule has 0 aliphatic rings. The Kier molecular flexibility index (Phi) is 6.81. The number of thiophene rings is 1. The lowest BCUT2D eigenvalue weighted by atomic mass is 10.0. The van der Waals surface area contributed by atoms with Crippen molar-refractivity contribution in [3.8, 4) is 0 Å². The van der Waals surface area contributed by atoms with E-state index in [0.29, 0.717) is 4.47 Å². The van der Waals surface area contributed by atoms with E-state index in [-0.39, 0.29) is 27.4 Å². The summed E-state index contributed by atoms with van der Waals surface area (Å²) in [5.74, 6) is -1.49. The average Bonchev–Trinajstić information content (AvgIpc) is 3.12. The molecule has 0 fully saturated rings. The first-order valence-corrected chi connectivity index (χ1v) is 9.20. The minimum absolute atomic E-state index is 0.0304. The van der Waals surface area contributed by atoms with Crippen LogP contribution in [0.25, 0.3) is 0 Å². The van der Waals surface area contributed by atoms with Gasteiger partial charge in [0, 0.05) is 17.1 Å². The van der Waals surface area contributed by atoms with Crippen LogP contribution in [0.5, 0.6) is 0 Å². The van der Waals surface area contributed by atoms with Gasteiger partial charge in [-0.3, -0.25) is 15.0 Å². The summed E-state index contributed by atoms with van der Waals surface area (Å²) in [5.41, 5.74) is 4.12. The van der Waals surface area contributed by atoms with E-state index in [1.54, 1.807) is 6.92 Å². The zero-order valence-corrected chi connectivity index (χ0v) is 16.4. The Morgan fingerprint density at radius 2 is 2.22 bits per heavy atom. The van der Waals surface area contributed by atoms with E-state index in [1.807, 2.05) is 0 Å². The molecule has 2 heterocycles. The first-order valence-electron chi connectivity index (χ1n) is 7.53. The Morgan fingerprint density at radius 1 is 1.52 bits per heavy atom. The quantitative estimate of drug-likeness (QED) is 0.374. The third-order valence-electron chi connectivity index (χ3n) is 3.44. The standard InChI is InChI=1S/C17H15BrF2N4O2S/c1-2-3-10(20)11(5-19)24-15-9(18)6-23-17(26)13(15)14(21)8-4-12(16(22)25)27-7-8/h2-4,6-7,21H,5H2,1H3,(H2,22,25)(H2,23,24,26)/b3-2-,11-10-,21-14?. The number of carbonyl (C=O) groups is 1. The highest BCUT2D eigenvalue weighted by molar-refractivity contribution is 9.10. The summed E-state index contributed by atoms with van der Waals surface area (Å²) < 4.78 is 27.6. The second kappa shape index (κ2) is 8.87. The highest BCUT2D eigenvalue weighted by Gasteiger charge is 2.20. The number of nitrogens with two attached hydrogens (primary N) is 1. The predicted molar refractivity (Wildman–Crippen MR) is 106 cm³/mol. The number of halogens is 3. The van der Waals surface area contributed by atoms with Crippen molar-refractivity contribution < 1.29 is 13.6 Å². The highest BCUT2D eigenvalue weighted by atomic mass is 79.9. The molecule has 0 bridgehead atoms. The van der Waals surface area contributed by atoms with Crippen LogP contribution in [0.1, 0.15) is 27.7 Å². The van der Waals surface area contributed by atoms with Crippen LogP contribution < -0.4 is 16.6 Å². The van der Waals surface area contributed by atoms with Gasteiger partial charge in [0.25, 0.3) is 11.5 Å². The van der Waals surface area contributed by atoms with Gasteiger partial charge in [0.05, 0.1) is 32.0 Å². The lowest BCUT2D eigenvalue weighted by Gasteiger charge is -2.15. The van der Waals surface area contributed by atoms with Crippen molar-refractivity contribution in [2.75, 3.05) is 12.0 Å². The van der Waals surface area contributed by atoms with E-state index in [0.717, 1.165) is 17.4 Å². The molecular formula is C17H15BrF2N4O2S. The van der Waals surface area contributed by atoms with Gasteiger partial charge in [0.2, 0.25) is 0 Å². The second-order valence-electron chi connectivity index (χ2n) is 5.24. The Balaban J connectivity index is 2.58. The number of aromatic amines is 1. The number of rotatable bonds is 7. The van der Waals surface area contributed by atoms with Gasteiger partial charge in [-0.1, -0.05) is 6.08 Å². The monoisotopic (exact) mass is 456 g/mol. The van der Waals surface area contributed by atoms with Crippen molar-refractivity contribution in [2.45, 2.75) is 6.92 Å². The fourth-order valence-corrected chi connectivity index (χ4v) is 3.33. The molecule has 0 spiro atoms. The Hall–Kier alpha value is -2.59. The van der Waals surface area contributed by atoms with Gasteiger partial charge in [0.15, 0.2) is 0 Å². The number of aromatic nitrogens is 1. The largest absolute Gasteiger partial charge is 0.365 e.